The maximum atomic E-state index is 6.36. The number of ether oxygens (including phenoxy) is 1. The van der Waals surface area contributed by atoms with E-state index in [1.165, 1.54) is 12.8 Å². The molecule has 1 aliphatic carbocycles. The van der Waals surface area contributed by atoms with Crippen molar-refractivity contribution < 1.29 is 4.74 Å². The molecular formula is C27H30N6O. The number of rotatable bonds is 6. The van der Waals surface area contributed by atoms with E-state index in [0.29, 0.717) is 23.9 Å². The van der Waals surface area contributed by atoms with Crippen molar-refractivity contribution in [2.24, 2.45) is 0 Å². The first kappa shape index (κ1) is 21.1. The number of nitrogens with two attached hydrogens (primary N) is 1. The SMILES string of the molecule is Nc1ncnc2c1c(-c1ccc(Oc3ccccc3)cc1)cn2[C@H]1CC[C@@H](NC2CNC2)CC1. The third-order valence-corrected chi connectivity index (χ3v) is 7.13. The molecule has 0 spiro atoms. The van der Waals surface area contributed by atoms with E-state index in [0.717, 1.165) is 59.6 Å². The van der Waals surface area contributed by atoms with Crippen LogP contribution in [0.2, 0.25) is 0 Å². The average molecular weight is 455 g/mol. The summed E-state index contributed by atoms with van der Waals surface area (Å²) in [6.07, 6.45) is 8.43. The van der Waals surface area contributed by atoms with Gasteiger partial charge >= 0.3 is 0 Å². The maximum Gasteiger partial charge on any atom is 0.146 e. The van der Waals surface area contributed by atoms with E-state index < -0.39 is 0 Å². The first-order valence-electron chi connectivity index (χ1n) is 12.2. The van der Waals surface area contributed by atoms with Crippen LogP contribution in [-0.2, 0) is 0 Å². The lowest BCUT2D eigenvalue weighted by molar-refractivity contribution is 0.249. The minimum absolute atomic E-state index is 0.420. The van der Waals surface area contributed by atoms with Crippen molar-refractivity contribution in [2.75, 3.05) is 18.8 Å². The van der Waals surface area contributed by atoms with E-state index in [4.69, 9.17) is 10.5 Å². The normalized spacial score (nSPS) is 20.8. The summed E-state index contributed by atoms with van der Waals surface area (Å²) in [6, 6.07) is 19.6. The van der Waals surface area contributed by atoms with Gasteiger partial charge in [-0.2, -0.15) is 0 Å². The average Bonchev–Trinajstić information content (AvgIpc) is 3.24. The number of benzene rings is 2. The Morgan fingerprint density at radius 2 is 1.62 bits per heavy atom. The number of fused-ring (bicyclic) bond motifs is 1. The van der Waals surface area contributed by atoms with Gasteiger partial charge in [0, 0.05) is 43.0 Å². The first-order valence-corrected chi connectivity index (χ1v) is 12.2. The summed E-state index contributed by atoms with van der Waals surface area (Å²) in [5.74, 6) is 2.15. The van der Waals surface area contributed by atoms with Crippen LogP contribution in [0.15, 0.2) is 67.1 Å². The standard InChI is InChI=1S/C27H30N6O/c28-26-25-24(18-6-12-23(13-7-18)34-22-4-2-1-3-5-22)16-33(27(25)31-17-30-26)21-10-8-19(9-11-21)32-20-14-29-15-20/h1-7,12-13,16-17,19-21,29,32H,8-11,14-15H2,(H2,28,30,31)/t19-,21+. The molecule has 1 saturated carbocycles. The van der Waals surface area contributed by atoms with E-state index >= 15 is 0 Å². The van der Waals surface area contributed by atoms with Crippen LogP contribution in [0.5, 0.6) is 11.5 Å². The number of nitrogen functional groups attached to an aromatic ring is 1. The number of nitrogens with zero attached hydrogens (tertiary/aromatic N) is 3. The Balaban J connectivity index is 1.26. The Morgan fingerprint density at radius 1 is 0.882 bits per heavy atom. The van der Waals surface area contributed by atoms with Gasteiger partial charge in [-0.15, -0.1) is 0 Å². The number of nitrogens with one attached hydrogen (secondary N) is 2. The molecule has 2 aliphatic rings. The van der Waals surface area contributed by atoms with Gasteiger partial charge in [0.15, 0.2) is 0 Å². The van der Waals surface area contributed by atoms with Crippen LogP contribution in [0.1, 0.15) is 31.7 Å². The van der Waals surface area contributed by atoms with Crippen LogP contribution in [0.3, 0.4) is 0 Å². The Labute approximate surface area is 199 Å². The highest BCUT2D eigenvalue weighted by Gasteiger charge is 2.28. The second kappa shape index (κ2) is 9.08. The van der Waals surface area contributed by atoms with Gasteiger partial charge in [0.25, 0.3) is 0 Å². The molecule has 0 radical (unpaired) electrons. The Hall–Kier alpha value is -3.42. The van der Waals surface area contributed by atoms with Gasteiger partial charge in [-0.3, -0.25) is 0 Å². The lowest BCUT2D eigenvalue weighted by Gasteiger charge is -2.36. The summed E-state index contributed by atoms with van der Waals surface area (Å²) in [6.45, 7) is 2.19. The smallest absolute Gasteiger partial charge is 0.146 e. The summed E-state index contributed by atoms with van der Waals surface area (Å²) in [4.78, 5) is 8.95. The molecule has 2 aromatic heterocycles. The van der Waals surface area contributed by atoms with Crippen molar-refractivity contribution in [1.82, 2.24) is 25.2 Å². The van der Waals surface area contributed by atoms with E-state index in [9.17, 15) is 0 Å². The molecule has 7 nitrogen and oxygen atoms in total. The van der Waals surface area contributed by atoms with Crippen molar-refractivity contribution in [3.8, 4) is 22.6 Å². The van der Waals surface area contributed by atoms with Crippen LogP contribution in [0.25, 0.3) is 22.2 Å². The topological polar surface area (TPSA) is 90.0 Å². The summed E-state index contributed by atoms with van der Waals surface area (Å²) in [5, 5.41) is 8.07. The molecule has 6 rings (SSSR count). The predicted molar refractivity (Wildman–Crippen MR) is 135 cm³/mol. The van der Waals surface area contributed by atoms with Gasteiger partial charge in [0.2, 0.25) is 0 Å². The summed E-state index contributed by atoms with van der Waals surface area (Å²) < 4.78 is 8.30. The van der Waals surface area contributed by atoms with Gasteiger partial charge in [0.05, 0.1) is 5.39 Å². The zero-order valence-corrected chi connectivity index (χ0v) is 19.2. The molecule has 4 aromatic rings. The number of hydrogen-bond donors (Lipinski definition) is 3. The summed E-state index contributed by atoms with van der Waals surface area (Å²) in [7, 11) is 0. The third-order valence-electron chi connectivity index (χ3n) is 7.13. The molecule has 2 fully saturated rings. The highest BCUT2D eigenvalue weighted by Crippen LogP contribution is 2.38. The minimum Gasteiger partial charge on any atom is -0.457 e. The minimum atomic E-state index is 0.420. The van der Waals surface area contributed by atoms with Crippen LogP contribution < -0.4 is 21.1 Å². The van der Waals surface area contributed by atoms with Crippen molar-refractivity contribution >= 4 is 16.9 Å². The zero-order valence-electron chi connectivity index (χ0n) is 19.2. The maximum absolute atomic E-state index is 6.36. The van der Waals surface area contributed by atoms with Gasteiger partial charge in [-0.1, -0.05) is 30.3 Å². The fourth-order valence-electron chi connectivity index (χ4n) is 5.19. The number of hydrogen-bond acceptors (Lipinski definition) is 6. The number of para-hydroxylation sites is 1. The molecule has 1 saturated heterocycles. The summed E-state index contributed by atoms with van der Waals surface area (Å²) >= 11 is 0. The number of anilines is 1. The molecule has 1 aliphatic heterocycles. The Bertz CT molecular complexity index is 1260. The molecule has 2 aromatic carbocycles. The molecule has 3 heterocycles. The lowest BCUT2D eigenvalue weighted by Crippen LogP contribution is -2.58. The van der Waals surface area contributed by atoms with Gasteiger partial charge in [0.1, 0.15) is 29.3 Å². The lowest BCUT2D eigenvalue weighted by atomic mass is 9.90. The first-order chi connectivity index (χ1) is 16.7. The molecule has 4 N–H and O–H groups in total. The van der Waals surface area contributed by atoms with E-state index in [-0.39, 0.29) is 0 Å². The third kappa shape index (κ3) is 4.13. The monoisotopic (exact) mass is 454 g/mol. The number of aromatic nitrogens is 3. The molecule has 0 bridgehead atoms. The van der Waals surface area contributed by atoms with Crippen molar-refractivity contribution in [2.45, 2.75) is 43.8 Å². The summed E-state index contributed by atoms with van der Waals surface area (Å²) in [5.41, 5.74) is 9.44. The van der Waals surface area contributed by atoms with Gasteiger partial charge < -0.3 is 25.7 Å². The predicted octanol–water partition coefficient (Wildman–Crippen LogP) is 4.52. The fourth-order valence-corrected chi connectivity index (χ4v) is 5.19. The molecular weight excluding hydrogens is 424 g/mol. The second-order valence-electron chi connectivity index (χ2n) is 9.37. The van der Waals surface area contributed by atoms with Crippen LogP contribution >= 0.6 is 0 Å². The van der Waals surface area contributed by atoms with Gasteiger partial charge in [-0.05, 0) is 55.5 Å². The van der Waals surface area contributed by atoms with Crippen molar-refractivity contribution in [3.63, 3.8) is 0 Å². The van der Waals surface area contributed by atoms with Crippen LogP contribution in [0.4, 0.5) is 5.82 Å². The molecule has 0 amide bonds. The molecule has 34 heavy (non-hydrogen) atoms. The molecule has 0 atom stereocenters. The quantitative estimate of drug-likeness (QED) is 0.397. The molecule has 174 valence electrons. The van der Waals surface area contributed by atoms with E-state index in [1.54, 1.807) is 6.33 Å². The van der Waals surface area contributed by atoms with Crippen molar-refractivity contribution in [1.29, 1.82) is 0 Å². The van der Waals surface area contributed by atoms with Crippen LogP contribution in [-0.4, -0.2) is 39.7 Å². The fraction of sp³-hybridized carbons (Fsp3) is 0.333. The van der Waals surface area contributed by atoms with Crippen molar-refractivity contribution in [3.05, 3.63) is 67.1 Å². The largest absolute Gasteiger partial charge is 0.457 e. The van der Waals surface area contributed by atoms with E-state index in [2.05, 4.69) is 43.5 Å². The highest BCUT2D eigenvalue weighted by atomic mass is 16.5. The zero-order chi connectivity index (χ0) is 22.9. The van der Waals surface area contributed by atoms with Gasteiger partial charge in [-0.25, -0.2) is 9.97 Å². The highest BCUT2D eigenvalue weighted by molar-refractivity contribution is 6.00. The Morgan fingerprint density at radius 3 is 2.32 bits per heavy atom. The molecule has 7 heteroatoms. The van der Waals surface area contributed by atoms with E-state index in [1.807, 2.05) is 42.5 Å². The second-order valence-corrected chi connectivity index (χ2v) is 9.37. The Kier molecular flexibility index (Phi) is 5.65. The molecule has 0 unspecified atom stereocenters. The van der Waals surface area contributed by atoms with Crippen LogP contribution in [0, 0.1) is 0 Å².